The fourth-order valence-corrected chi connectivity index (χ4v) is 4.14. The van der Waals surface area contributed by atoms with Crippen molar-refractivity contribution in [2.45, 2.75) is 51.8 Å². The molecule has 4 atom stereocenters. The predicted octanol–water partition coefficient (Wildman–Crippen LogP) is 3.55. The van der Waals surface area contributed by atoms with Gasteiger partial charge in [0.15, 0.2) is 0 Å². The summed E-state index contributed by atoms with van der Waals surface area (Å²) >= 11 is 0. The summed E-state index contributed by atoms with van der Waals surface area (Å²) in [6, 6.07) is 9.20. The minimum Gasteiger partial charge on any atom is -0.497 e. The van der Waals surface area contributed by atoms with E-state index in [1.54, 1.807) is 7.11 Å². The highest BCUT2D eigenvalue weighted by atomic mass is 16.5. The lowest BCUT2D eigenvalue weighted by atomic mass is 9.55. The van der Waals surface area contributed by atoms with Crippen LogP contribution in [0.2, 0.25) is 0 Å². The quantitative estimate of drug-likeness (QED) is 0.919. The third-order valence-electron chi connectivity index (χ3n) is 5.35. The average molecular weight is 289 g/mol. The monoisotopic (exact) mass is 289 g/mol. The van der Waals surface area contributed by atoms with E-state index in [0.717, 1.165) is 12.4 Å². The van der Waals surface area contributed by atoms with Crippen molar-refractivity contribution in [2.75, 3.05) is 13.7 Å². The molecule has 1 N–H and O–H groups in total. The van der Waals surface area contributed by atoms with Crippen molar-refractivity contribution >= 4 is 0 Å². The first-order chi connectivity index (χ1) is 10.0. The highest BCUT2D eigenvalue weighted by Crippen LogP contribution is 2.51. The minimum absolute atomic E-state index is 0.220. The van der Waals surface area contributed by atoms with Crippen molar-refractivity contribution in [1.82, 2.24) is 5.32 Å². The molecule has 1 aromatic carbocycles. The highest BCUT2D eigenvalue weighted by molar-refractivity contribution is 5.30. The number of ether oxygens (including phenoxy) is 2. The van der Waals surface area contributed by atoms with E-state index < -0.39 is 0 Å². The lowest BCUT2D eigenvalue weighted by Gasteiger charge is -2.60. The molecule has 0 bridgehead atoms. The van der Waals surface area contributed by atoms with Crippen molar-refractivity contribution in [3.05, 3.63) is 29.8 Å². The number of fused-ring (bicyclic) bond motifs is 1. The van der Waals surface area contributed by atoms with Gasteiger partial charge in [-0.3, -0.25) is 0 Å². The second-order valence-electron chi connectivity index (χ2n) is 7.06. The number of nitrogens with one attached hydrogen (secondary N) is 1. The van der Waals surface area contributed by atoms with Gasteiger partial charge in [0.1, 0.15) is 5.75 Å². The van der Waals surface area contributed by atoms with Gasteiger partial charge in [-0.1, -0.05) is 26.0 Å². The zero-order valence-electron chi connectivity index (χ0n) is 13.6. The van der Waals surface area contributed by atoms with Crippen LogP contribution >= 0.6 is 0 Å². The van der Waals surface area contributed by atoms with Gasteiger partial charge in [0.05, 0.1) is 13.2 Å². The van der Waals surface area contributed by atoms with Crippen molar-refractivity contribution in [3.8, 4) is 5.75 Å². The Balaban J connectivity index is 1.70. The van der Waals surface area contributed by atoms with Gasteiger partial charge in [-0.15, -0.1) is 0 Å². The Morgan fingerprint density at radius 3 is 2.95 bits per heavy atom. The molecule has 1 aromatic rings. The normalized spacial score (nSPS) is 31.9. The molecule has 1 heterocycles. The number of benzene rings is 1. The lowest BCUT2D eigenvalue weighted by molar-refractivity contribution is -0.194. The fraction of sp³-hybridized carbons (Fsp3) is 0.667. The molecule has 21 heavy (non-hydrogen) atoms. The molecule has 0 radical (unpaired) electrons. The molecule has 3 heteroatoms. The van der Waals surface area contributed by atoms with Crippen LogP contribution in [0.4, 0.5) is 0 Å². The SMILES string of the molecule is COc1cccc([C@H](C)NC2C3CCCOC3C2(C)C)c1. The third-order valence-corrected chi connectivity index (χ3v) is 5.35. The van der Waals surface area contributed by atoms with Crippen LogP contribution in [0.3, 0.4) is 0 Å². The van der Waals surface area contributed by atoms with E-state index in [2.05, 4.69) is 44.3 Å². The van der Waals surface area contributed by atoms with Crippen LogP contribution in [-0.2, 0) is 4.74 Å². The molecule has 0 amide bonds. The summed E-state index contributed by atoms with van der Waals surface area (Å²) < 4.78 is 11.3. The first-order valence-electron chi connectivity index (χ1n) is 8.05. The number of rotatable bonds is 4. The second-order valence-corrected chi connectivity index (χ2v) is 7.06. The third kappa shape index (κ3) is 2.58. The van der Waals surface area contributed by atoms with E-state index in [0.29, 0.717) is 24.1 Å². The van der Waals surface area contributed by atoms with Crippen LogP contribution in [0.5, 0.6) is 5.75 Å². The van der Waals surface area contributed by atoms with Gasteiger partial charge in [-0.25, -0.2) is 0 Å². The molecular formula is C18H27NO2. The van der Waals surface area contributed by atoms with Gasteiger partial charge in [-0.05, 0) is 37.5 Å². The molecule has 0 aromatic heterocycles. The van der Waals surface area contributed by atoms with E-state index in [1.165, 1.54) is 18.4 Å². The molecule has 0 spiro atoms. The molecule has 1 saturated heterocycles. The average Bonchev–Trinajstić information content (AvgIpc) is 2.52. The van der Waals surface area contributed by atoms with E-state index in [-0.39, 0.29) is 5.41 Å². The highest BCUT2D eigenvalue weighted by Gasteiger charge is 2.57. The summed E-state index contributed by atoms with van der Waals surface area (Å²) in [5, 5.41) is 3.84. The number of hydrogen-bond donors (Lipinski definition) is 1. The molecule has 3 unspecified atom stereocenters. The van der Waals surface area contributed by atoms with Gasteiger partial charge >= 0.3 is 0 Å². The molecule has 1 saturated carbocycles. The largest absolute Gasteiger partial charge is 0.497 e. The molecule has 116 valence electrons. The Kier molecular flexibility index (Phi) is 3.98. The van der Waals surface area contributed by atoms with Crippen LogP contribution in [0.15, 0.2) is 24.3 Å². The Bertz CT molecular complexity index is 500. The summed E-state index contributed by atoms with van der Waals surface area (Å²) in [4.78, 5) is 0. The smallest absolute Gasteiger partial charge is 0.119 e. The van der Waals surface area contributed by atoms with Crippen LogP contribution in [0, 0.1) is 11.3 Å². The van der Waals surface area contributed by atoms with Crippen molar-refractivity contribution < 1.29 is 9.47 Å². The summed E-state index contributed by atoms with van der Waals surface area (Å²) in [7, 11) is 1.72. The molecular weight excluding hydrogens is 262 g/mol. The maximum Gasteiger partial charge on any atom is 0.119 e. The second kappa shape index (κ2) is 5.62. The van der Waals surface area contributed by atoms with Crippen molar-refractivity contribution in [1.29, 1.82) is 0 Å². The zero-order valence-corrected chi connectivity index (χ0v) is 13.6. The first kappa shape index (κ1) is 14.9. The van der Waals surface area contributed by atoms with Gasteiger partial charge in [0.25, 0.3) is 0 Å². The Labute approximate surface area is 128 Å². The van der Waals surface area contributed by atoms with E-state index >= 15 is 0 Å². The molecule has 3 rings (SSSR count). The predicted molar refractivity (Wildman–Crippen MR) is 84.6 cm³/mol. The number of methoxy groups -OCH3 is 1. The van der Waals surface area contributed by atoms with Gasteiger partial charge < -0.3 is 14.8 Å². The fourth-order valence-electron chi connectivity index (χ4n) is 4.14. The summed E-state index contributed by atoms with van der Waals surface area (Å²) in [5.41, 5.74) is 1.50. The number of hydrogen-bond acceptors (Lipinski definition) is 3. The van der Waals surface area contributed by atoms with Gasteiger partial charge in [0, 0.05) is 30.0 Å². The minimum atomic E-state index is 0.220. The maximum atomic E-state index is 5.99. The Morgan fingerprint density at radius 1 is 1.38 bits per heavy atom. The van der Waals surface area contributed by atoms with Gasteiger partial charge in [0.2, 0.25) is 0 Å². The zero-order chi connectivity index (χ0) is 15.0. The van der Waals surface area contributed by atoms with Crippen LogP contribution in [0.1, 0.15) is 45.2 Å². The topological polar surface area (TPSA) is 30.5 Å². The van der Waals surface area contributed by atoms with Crippen LogP contribution in [-0.4, -0.2) is 25.9 Å². The molecule has 2 fully saturated rings. The standard InChI is InChI=1S/C18H27NO2/c1-12(13-7-5-8-14(11-13)20-4)19-16-15-9-6-10-21-17(15)18(16,2)3/h5,7-8,11-12,15-17,19H,6,9-10H2,1-4H3/t12-,15?,16?,17?/m0/s1. The summed E-state index contributed by atoms with van der Waals surface area (Å²) in [6.45, 7) is 7.83. The van der Waals surface area contributed by atoms with Crippen LogP contribution in [0.25, 0.3) is 0 Å². The summed E-state index contributed by atoms with van der Waals surface area (Å²) in [6.07, 6.45) is 2.92. The molecule has 3 nitrogen and oxygen atoms in total. The first-order valence-corrected chi connectivity index (χ1v) is 8.05. The molecule has 2 aliphatic rings. The van der Waals surface area contributed by atoms with Gasteiger partial charge in [-0.2, -0.15) is 0 Å². The van der Waals surface area contributed by atoms with Crippen molar-refractivity contribution in [3.63, 3.8) is 0 Å². The Hall–Kier alpha value is -1.06. The Morgan fingerprint density at radius 2 is 2.19 bits per heavy atom. The van der Waals surface area contributed by atoms with E-state index in [4.69, 9.17) is 9.47 Å². The summed E-state index contributed by atoms with van der Waals surface area (Å²) in [5.74, 6) is 1.59. The van der Waals surface area contributed by atoms with E-state index in [9.17, 15) is 0 Å². The van der Waals surface area contributed by atoms with Crippen LogP contribution < -0.4 is 10.1 Å². The molecule has 1 aliphatic heterocycles. The van der Waals surface area contributed by atoms with E-state index in [1.807, 2.05) is 6.07 Å². The maximum absolute atomic E-state index is 5.99. The molecule has 1 aliphatic carbocycles. The lowest BCUT2D eigenvalue weighted by Crippen LogP contribution is -2.69. The van der Waals surface area contributed by atoms with Crippen molar-refractivity contribution in [2.24, 2.45) is 11.3 Å².